The van der Waals surface area contributed by atoms with Gasteiger partial charge >= 0.3 is 0 Å². The van der Waals surface area contributed by atoms with Gasteiger partial charge in [-0.05, 0) is 25.0 Å². The Morgan fingerprint density at radius 2 is 2.11 bits per heavy atom. The number of hydrogen-bond donors (Lipinski definition) is 1. The van der Waals surface area contributed by atoms with Gasteiger partial charge in [-0.2, -0.15) is 0 Å². The average Bonchev–Trinajstić information content (AvgIpc) is 3.29. The molecule has 1 aromatic carbocycles. The second-order valence-corrected chi connectivity index (χ2v) is 8.07. The van der Waals surface area contributed by atoms with Crippen LogP contribution in [0.3, 0.4) is 0 Å². The zero-order chi connectivity index (χ0) is 20.1. The summed E-state index contributed by atoms with van der Waals surface area (Å²) >= 11 is 0. The van der Waals surface area contributed by atoms with Crippen LogP contribution in [-0.4, -0.2) is 41.9 Å². The summed E-state index contributed by atoms with van der Waals surface area (Å²) in [5.74, 6) is 1.58. The van der Waals surface area contributed by atoms with Gasteiger partial charge in [-0.1, -0.05) is 12.1 Å². The van der Waals surface area contributed by atoms with Gasteiger partial charge in [0.2, 0.25) is 10.0 Å². The molecule has 2 heterocycles. The van der Waals surface area contributed by atoms with Crippen molar-refractivity contribution in [1.82, 2.24) is 24.5 Å². The number of methoxy groups -OCH3 is 1. The summed E-state index contributed by atoms with van der Waals surface area (Å²) in [5, 5.41) is 7.87. The van der Waals surface area contributed by atoms with E-state index in [9.17, 15) is 8.42 Å². The highest BCUT2D eigenvalue weighted by atomic mass is 32.2. The molecular formula is C18H23N5O4S. The first-order valence-electron chi connectivity index (χ1n) is 8.79. The summed E-state index contributed by atoms with van der Waals surface area (Å²) in [5.41, 5.74) is 1.28. The summed E-state index contributed by atoms with van der Waals surface area (Å²) in [4.78, 5) is 4.24. The van der Waals surface area contributed by atoms with Crippen molar-refractivity contribution in [3.8, 4) is 11.3 Å². The van der Waals surface area contributed by atoms with Crippen molar-refractivity contribution in [3.05, 3.63) is 48.0 Å². The molecule has 150 valence electrons. The van der Waals surface area contributed by atoms with E-state index in [1.165, 1.54) is 0 Å². The Balaban J connectivity index is 1.77. The minimum Gasteiger partial charge on any atom is -0.441 e. The van der Waals surface area contributed by atoms with Crippen LogP contribution in [-0.2, 0) is 27.8 Å². The molecule has 0 unspecified atom stereocenters. The van der Waals surface area contributed by atoms with Crippen molar-refractivity contribution in [3.63, 3.8) is 0 Å². The van der Waals surface area contributed by atoms with Gasteiger partial charge in [-0.3, -0.25) is 0 Å². The van der Waals surface area contributed by atoms with E-state index in [1.807, 2.05) is 4.57 Å². The number of hydrogen-bond acceptors (Lipinski definition) is 7. The van der Waals surface area contributed by atoms with Gasteiger partial charge in [0.1, 0.15) is 12.2 Å². The third-order valence-corrected chi connectivity index (χ3v) is 5.79. The number of aromatic nitrogens is 4. The zero-order valence-corrected chi connectivity index (χ0v) is 16.9. The third-order valence-electron chi connectivity index (χ3n) is 4.25. The lowest BCUT2D eigenvalue weighted by Crippen LogP contribution is -2.26. The SMILES string of the molecule is COCCCn1cnnc1CNS(=O)(=O)c1cc(-c2cnc(C)o2)ccc1C. The highest BCUT2D eigenvalue weighted by molar-refractivity contribution is 7.89. The van der Waals surface area contributed by atoms with Crippen LogP contribution in [0, 0.1) is 13.8 Å². The van der Waals surface area contributed by atoms with Gasteiger partial charge in [0, 0.05) is 32.7 Å². The van der Waals surface area contributed by atoms with Crippen LogP contribution in [0.2, 0.25) is 0 Å². The number of nitrogens with zero attached hydrogens (tertiary/aromatic N) is 4. The molecule has 0 saturated carbocycles. The summed E-state index contributed by atoms with van der Waals surface area (Å²) in [6, 6.07) is 5.14. The Morgan fingerprint density at radius 1 is 1.29 bits per heavy atom. The van der Waals surface area contributed by atoms with Crippen molar-refractivity contribution >= 4 is 10.0 Å². The highest BCUT2D eigenvalue weighted by Crippen LogP contribution is 2.25. The average molecular weight is 405 g/mol. The van der Waals surface area contributed by atoms with E-state index in [-0.39, 0.29) is 11.4 Å². The van der Waals surface area contributed by atoms with Crippen LogP contribution in [0.15, 0.2) is 40.0 Å². The molecule has 0 fully saturated rings. The first kappa shape index (κ1) is 20.2. The van der Waals surface area contributed by atoms with Crippen molar-refractivity contribution in [1.29, 1.82) is 0 Å². The molecule has 1 N–H and O–H groups in total. The van der Waals surface area contributed by atoms with E-state index in [0.717, 1.165) is 6.42 Å². The maximum Gasteiger partial charge on any atom is 0.241 e. The molecule has 3 aromatic rings. The fraction of sp³-hybridized carbons (Fsp3) is 0.389. The first-order valence-corrected chi connectivity index (χ1v) is 10.3. The minimum atomic E-state index is -3.75. The molecule has 0 bridgehead atoms. The molecule has 2 aromatic heterocycles. The predicted octanol–water partition coefficient (Wildman–Crippen LogP) is 2.06. The fourth-order valence-electron chi connectivity index (χ4n) is 2.76. The molecule has 0 spiro atoms. The largest absolute Gasteiger partial charge is 0.441 e. The standard InChI is InChI=1S/C18H23N5O4S/c1-13-5-6-15(16-10-19-14(2)27-16)9-17(13)28(24,25)21-11-18-22-20-12-23(18)7-4-8-26-3/h5-6,9-10,12,21H,4,7-8,11H2,1-3H3. The van der Waals surface area contributed by atoms with Gasteiger partial charge in [0.15, 0.2) is 11.7 Å². The van der Waals surface area contributed by atoms with Crippen LogP contribution in [0.5, 0.6) is 0 Å². The number of benzene rings is 1. The summed E-state index contributed by atoms with van der Waals surface area (Å²) < 4.78 is 40.7. The van der Waals surface area contributed by atoms with Gasteiger partial charge < -0.3 is 13.7 Å². The Labute approximate surface area is 163 Å². The van der Waals surface area contributed by atoms with E-state index >= 15 is 0 Å². The van der Waals surface area contributed by atoms with Crippen LogP contribution < -0.4 is 4.72 Å². The maximum atomic E-state index is 12.9. The maximum absolute atomic E-state index is 12.9. The molecule has 9 nitrogen and oxygen atoms in total. The van der Waals surface area contributed by atoms with E-state index in [4.69, 9.17) is 9.15 Å². The smallest absolute Gasteiger partial charge is 0.241 e. The lowest BCUT2D eigenvalue weighted by molar-refractivity contribution is 0.190. The molecule has 0 atom stereocenters. The van der Waals surface area contributed by atoms with E-state index < -0.39 is 10.0 Å². The van der Waals surface area contributed by atoms with Crippen molar-refractivity contribution in [2.24, 2.45) is 0 Å². The molecule has 0 amide bonds. The van der Waals surface area contributed by atoms with Crippen LogP contribution in [0.25, 0.3) is 11.3 Å². The van der Waals surface area contributed by atoms with Crippen LogP contribution in [0.1, 0.15) is 23.7 Å². The van der Waals surface area contributed by atoms with E-state index in [2.05, 4.69) is 19.9 Å². The second-order valence-electron chi connectivity index (χ2n) is 6.34. The second kappa shape index (κ2) is 8.63. The Kier molecular flexibility index (Phi) is 6.22. The highest BCUT2D eigenvalue weighted by Gasteiger charge is 2.19. The Hall–Kier alpha value is -2.56. The zero-order valence-electron chi connectivity index (χ0n) is 16.0. The van der Waals surface area contributed by atoms with Gasteiger partial charge in [-0.25, -0.2) is 18.1 Å². The van der Waals surface area contributed by atoms with Crippen LogP contribution in [0.4, 0.5) is 0 Å². The lowest BCUT2D eigenvalue weighted by atomic mass is 10.1. The first-order chi connectivity index (χ1) is 13.4. The lowest BCUT2D eigenvalue weighted by Gasteiger charge is -2.11. The molecule has 28 heavy (non-hydrogen) atoms. The fourth-order valence-corrected chi connectivity index (χ4v) is 4.01. The predicted molar refractivity (Wildman–Crippen MR) is 102 cm³/mol. The normalized spacial score (nSPS) is 11.8. The minimum absolute atomic E-state index is 0.0421. The molecule has 0 aliphatic heterocycles. The van der Waals surface area contributed by atoms with E-state index in [0.29, 0.717) is 41.8 Å². The molecule has 0 saturated heterocycles. The number of rotatable bonds is 9. The van der Waals surface area contributed by atoms with Gasteiger partial charge in [0.05, 0.1) is 17.6 Å². The van der Waals surface area contributed by atoms with Crippen molar-refractivity contribution in [2.75, 3.05) is 13.7 Å². The van der Waals surface area contributed by atoms with Crippen LogP contribution >= 0.6 is 0 Å². The van der Waals surface area contributed by atoms with E-state index in [1.54, 1.807) is 51.7 Å². The van der Waals surface area contributed by atoms with Crippen molar-refractivity contribution < 1.29 is 17.6 Å². The molecule has 3 rings (SSSR count). The number of aryl methyl sites for hydroxylation is 3. The number of sulfonamides is 1. The summed E-state index contributed by atoms with van der Waals surface area (Å²) in [6.45, 7) is 4.78. The number of nitrogens with one attached hydrogen (secondary N) is 1. The molecular weight excluding hydrogens is 382 g/mol. The third kappa shape index (κ3) is 4.64. The number of oxazole rings is 1. The molecule has 0 aliphatic carbocycles. The van der Waals surface area contributed by atoms with Crippen molar-refractivity contribution in [2.45, 2.75) is 38.3 Å². The summed E-state index contributed by atoms with van der Waals surface area (Å²) in [6.07, 6.45) is 3.94. The Morgan fingerprint density at radius 3 is 2.82 bits per heavy atom. The molecule has 0 radical (unpaired) electrons. The number of ether oxygens (including phenoxy) is 1. The molecule has 10 heteroatoms. The quantitative estimate of drug-likeness (QED) is 0.542. The Bertz CT molecular complexity index is 1040. The topological polar surface area (TPSA) is 112 Å². The van der Waals surface area contributed by atoms with Gasteiger partial charge in [0.25, 0.3) is 0 Å². The van der Waals surface area contributed by atoms with Gasteiger partial charge in [-0.15, -0.1) is 10.2 Å². The molecule has 0 aliphatic rings. The monoisotopic (exact) mass is 405 g/mol. The summed E-state index contributed by atoms with van der Waals surface area (Å²) in [7, 11) is -2.11.